The maximum atomic E-state index is 13.2. The van der Waals surface area contributed by atoms with Crippen molar-refractivity contribution in [1.29, 1.82) is 0 Å². The van der Waals surface area contributed by atoms with Crippen LogP contribution in [0.3, 0.4) is 0 Å². The summed E-state index contributed by atoms with van der Waals surface area (Å²) in [5.74, 6) is 0.626. The van der Waals surface area contributed by atoms with E-state index in [2.05, 4.69) is 10.3 Å². The Kier molecular flexibility index (Phi) is 6.31. The van der Waals surface area contributed by atoms with Gasteiger partial charge in [-0.3, -0.25) is 4.79 Å². The van der Waals surface area contributed by atoms with Crippen LogP contribution in [0.1, 0.15) is 26.3 Å². The number of anilines is 1. The van der Waals surface area contributed by atoms with Gasteiger partial charge in [0.2, 0.25) is 11.9 Å². The molecule has 2 aromatic carbocycles. The van der Waals surface area contributed by atoms with Crippen molar-refractivity contribution in [3.05, 3.63) is 60.2 Å². The van der Waals surface area contributed by atoms with Crippen LogP contribution in [0.15, 0.2) is 54.6 Å². The van der Waals surface area contributed by atoms with Crippen molar-refractivity contribution >= 4 is 22.9 Å². The second-order valence-electron chi connectivity index (χ2n) is 7.34. The van der Waals surface area contributed by atoms with Crippen molar-refractivity contribution in [2.24, 2.45) is 0 Å². The van der Waals surface area contributed by atoms with Gasteiger partial charge in [-0.15, -0.1) is 0 Å². The van der Waals surface area contributed by atoms with Crippen LogP contribution in [0.25, 0.3) is 11.0 Å². The Labute approximate surface area is 165 Å². The van der Waals surface area contributed by atoms with Crippen molar-refractivity contribution in [3.8, 4) is 0 Å². The number of hydrogen-bond donors (Lipinski definition) is 2. The summed E-state index contributed by atoms with van der Waals surface area (Å²) < 4.78 is 1.89. The number of nitrogens with zero attached hydrogens (tertiary/aromatic N) is 3. The van der Waals surface area contributed by atoms with E-state index in [-0.39, 0.29) is 18.5 Å². The molecule has 3 rings (SSSR count). The van der Waals surface area contributed by atoms with Gasteiger partial charge in [0.15, 0.2) is 0 Å². The Hall–Kier alpha value is -2.86. The van der Waals surface area contributed by atoms with Gasteiger partial charge in [0, 0.05) is 19.1 Å². The lowest BCUT2D eigenvalue weighted by Crippen LogP contribution is -2.38. The first kappa shape index (κ1) is 19.9. The van der Waals surface area contributed by atoms with Crippen molar-refractivity contribution in [2.45, 2.75) is 46.0 Å². The molecule has 0 unspecified atom stereocenters. The maximum Gasteiger partial charge on any atom is 0.243 e. The summed E-state index contributed by atoms with van der Waals surface area (Å²) >= 11 is 0. The molecule has 0 bridgehead atoms. The third kappa shape index (κ3) is 4.70. The van der Waals surface area contributed by atoms with Gasteiger partial charge in [-0.1, -0.05) is 42.5 Å². The van der Waals surface area contributed by atoms with E-state index in [0.29, 0.717) is 19.0 Å². The predicted octanol–water partition coefficient (Wildman–Crippen LogP) is 3.27. The molecule has 0 saturated carbocycles. The number of para-hydroxylation sites is 2. The fourth-order valence-electron chi connectivity index (χ4n) is 3.17. The molecule has 0 radical (unpaired) electrons. The highest BCUT2D eigenvalue weighted by molar-refractivity contribution is 5.83. The molecule has 1 atom stereocenters. The van der Waals surface area contributed by atoms with Crippen molar-refractivity contribution in [3.63, 3.8) is 0 Å². The van der Waals surface area contributed by atoms with Crippen LogP contribution >= 0.6 is 0 Å². The molecule has 28 heavy (non-hydrogen) atoms. The quantitative estimate of drug-likeness (QED) is 0.629. The summed E-state index contributed by atoms with van der Waals surface area (Å²) in [5, 5.41) is 12.8. The number of carbonyl (C=O) groups excluding carboxylic acids is 1. The van der Waals surface area contributed by atoms with Gasteiger partial charge < -0.3 is 19.9 Å². The van der Waals surface area contributed by atoms with Gasteiger partial charge in [-0.2, -0.15) is 0 Å². The molecule has 6 nitrogen and oxygen atoms in total. The molecule has 1 heterocycles. The number of nitrogens with one attached hydrogen (secondary N) is 1. The van der Waals surface area contributed by atoms with Crippen LogP contribution < -0.4 is 5.32 Å². The molecule has 0 aliphatic rings. The predicted molar refractivity (Wildman–Crippen MR) is 112 cm³/mol. The molecule has 3 aromatic rings. The number of fused-ring (bicyclic) bond motifs is 1. The zero-order valence-electron chi connectivity index (χ0n) is 16.7. The number of hydrogen-bond acceptors (Lipinski definition) is 4. The number of amides is 1. The summed E-state index contributed by atoms with van der Waals surface area (Å²) in [7, 11) is 0. The number of carbonyl (C=O) groups is 1. The summed E-state index contributed by atoms with van der Waals surface area (Å²) in [6.45, 7) is 6.90. The minimum absolute atomic E-state index is 0.0297. The summed E-state index contributed by atoms with van der Waals surface area (Å²) in [6, 6.07) is 17.8. The van der Waals surface area contributed by atoms with E-state index in [4.69, 9.17) is 0 Å². The largest absolute Gasteiger partial charge is 0.392 e. The van der Waals surface area contributed by atoms with Crippen LogP contribution in [-0.4, -0.2) is 44.2 Å². The number of aromatic nitrogens is 2. The van der Waals surface area contributed by atoms with E-state index in [9.17, 15) is 9.90 Å². The average molecular weight is 380 g/mol. The molecule has 0 spiro atoms. The fraction of sp³-hybridized carbons (Fsp3) is 0.364. The number of rotatable bonds is 8. The smallest absolute Gasteiger partial charge is 0.243 e. The van der Waals surface area contributed by atoms with Gasteiger partial charge in [-0.25, -0.2) is 4.98 Å². The number of aliphatic hydroxyl groups excluding tert-OH is 1. The molecule has 0 saturated heterocycles. The van der Waals surface area contributed by atoms with E-state index in [0.717, 1.165) is 16.6 Å². The van der Waals surface area contributed by atoms with E-state index in [1.54, 1.807) is 6.92 Å². The fourth-order valence-corrected chi connectivity index (χ4v) is 3.17. The molecule has 0 aliphatic carbocycles. The Morgan fingerprint density at radius 3 is 2.46 bits per heavy atom. The lowest BCUT2D eigenvalue weighted by atomic mass is 10.2. The van der Waals surface area contributed by atoms with Crippen molar-refractivity contribution in [2.75, 3.05) is 11.9 Å². The summed E-state index contributed by atoms with van der Waals surface area (Å²) in [5.41, 5.74) is 2.82. The van der Waals surface area contributed by atoms with Crippen LogP contribution in [0.4, 0.5) is 5.95 Å². The van der Waals surface area contributed by atoms with Crippen LogP contribution in [-0.2, 0) is 17.9 Å². The van der Waals surface area contributed by atoms with E-state index in [1.165, 1.54) is 0 Å². The van der Waals surface area contributed by atoms with Gasteiger partial charge in [0.05, 0.1) is 17.1 Å². The van der Waals surface area contributed by atoms with Gasteiger partial charge in [-0.05, 0) is 38.5 Å². The first-order valence-electron chi connectivity index (χ1n) is 9.66. The third-order valence-electron chi connectivity index (χ3n) is 4.64. The Bertz CT molecular complexity index is 919. The maximum absolute atomic E-state index is 13.2. The van der Waals surface area contributed by atoms with Gasteiger partial charge in [0.25, 0.3) is 0 Å². The standard InChI is InChI=1S/C22H28N4O2/c1-16(2)25(14-18-9-5-4-6-10-18)21(28)15-26-20-12-8-7-11-19(20)24-22(26)23-13-17(3)27/h4-12,16-17,27H,13-15H2,1-3H3,(H,23,24)/t17-/m0/s1. The SMILES string of the molecule is CC(C)N(Cc1ccccc1)C(=O)Cn1c(NC[C@H](C)O)nc2ccccc21. The van der Waals surface area contributed by atoms with E-state index >= 15 is 0 Å². The molecule has 0 fully saturated rings. The third-order valence-corrected chi connectivity index (χ3v) is 4.64. The number of imidazole rings is 1. The average Bonchev–Trinajstić information content (AvgIpc) is 3.02. The minimum atomic E-state index is -0.505. The number of aliphatic hydroxyl groups is 1. The zero-order chi connectivity index (χ0) is 20.1. The Morgan fingerprint density at radius 1 is 1.11 bits per heavy atom. The lowest BCUT2D eigenvalue weighted by molar-refractivity contribution is -0.134. The van der Waals surface area contributed by atoms with E-state index < -0.39 is 6.10 Å². The topological polar surface area (TPSA) is 70.4 Å². The normalized spacial score (nSPS) is 12.3. The van der Waals surface area contributed by atoms with Crippen molar-refractivity contribution in [1.82, 2.24) is 14.5 Å². The Balaban J connectivity index is 1.86. The summed E-state index contributed by atoms with van der Waals surface area (Å²) in [4.78, 5) is 19.7. The first-order valence-corrected chi connectivity index (χ1v) is 9.66. The first-order chi connectivity index (χ1) is 13.5. The zero-order valence-corrected chi connectivity index (χ0v) is 16.7. The molecule has 2 N–H and O–H groups in total. The van der Waals surface area contributed by atoms with Gasteiger partial charge >= 0.3 is 0 Å². The molecule has 6 heteroatoms. The van der Waals surface area contributed by atoms with Crippen molar-refractivity contribution < 1.29 is 9.90 Å². The summed E-state index contributed by atoms with van der Waals surface area (Å²) in [6.07, 6.45) is -0.505. The Morgan fingerprint density at radius 2 is 1.79 bits per heavy atom. The number of benzene rings is 2. The highest BCUT2D eigenvalue weighted by Gasteiger charge is 2.21. The highest BCUT2D eigenvalue weighted by Crippen LogP contribution is 2.20. The second kappa shape index (κ2) is 8.89. The minimum Gasteiger partial charge on any atom is -0.392 e. The molecule has 148 valence electrons. The lowest BCUT2D eigenvalue weighted by Gasteiger charge is -2.27. The van der Waals surface area contributed by atoms with Crippen LogP contribution in [0.5, 0.6) is 0 Å². The van der Waals surface area contributed by atoms with E-state index in [1.807, 2.05) is 77.9 Å². The molecule has 1 amide bonds. The van der Waals surface area contributed by atoms with Crippen LogP contribution in [0.2, 0.25) is 0 Å². The molecule has 0 aliphatic heterocycles. The van der Waals surface area contributed by atoms with Gasteiger partial charge in [0.1, 0.15) is 6.54 Å². The monoisotopic (exact) mass is 380 g/mol. The molecular formula is C22H28N4O2. The molecule has 1 aromatic heterocycles. The highest BCUT2D eigenvalue weighted by atomic mass is 16.3. The second-order valence-corrected chi connectivity index (χ2v) is 7.34. The van der Waals surface area contributed by atoms with Crippen LogP contribution in [0, 0.1) is 0 Å². The molecular weight excluding hydrogens is 352 g/mol.